The lowest BCUT2D eigenvalue weighted by atomic mass is 9.78. The van der Waals surface area contributed by atoms with Gasteiger partial charge in [0.1, 0.15) is 0 Å². The van der Waals surface area contributed by atoms with Crippen molar-refractivity contribution < 1.29 is 4.79 Å². The van der Waals surface area contributed by atoms with Crippen molar-refractivity contribution in [2.24, 2.45) is 0 Å². The number of carbonyl (C=O) groups excluding carboxylic acids is 1. The lowest BCUT2D eigenvalue weighted by Crippen LogP contribution is -2.25. The summed E-state index contributed by atoms with van der Waals surface area (Å²) in [5.41, 5.74) is 5.61. The van der Waals surface area contributed by atoms with E-state index in [0.717, 1.165) is 28.7 Å². The molecule has 0 N–H and O–H groups in total. The first-order chi connectivity index (χ1) is 15.3. The summed E-state index contributed by atoms with van der Waals surface area (Å²) in [6, 6.07) is 41.6. The van der Waals surface area contributed by atoms with Crippen molar-refractivity contribution in [3.8, 4) is 0 Å². The van der Waals surface area contributed by atoms with Gasteiger partial charge in [-0.3, -0.25) is 4.79 Å². The topological polar surface area (TPSA) is 17.1 Å². The Morgan fingerprint density at radius 1 is 0.484 bits per heavy atom. The van der Waals surface area contributed by atoms with E-state index >= 15 is 0 Å². The normalized spacial score (nSPS) is 24.2. The number of fused-ring (bicyclic) bond motifs is 1. The fraction of sp³-hybridized carbons (Fsp3) is 0.100. The third kappa shape index (κ3) is 2.35. The van der Waals surface area contributed by atoms with Crippen LogP contribution in [0.5, 0.6) is 0 Å². The van der Waals surface area contributed by atoms with Gasteiger partial charge in [-0.2, -0.15) is 0 Å². The number of benzene rings is 4. The molecule has 2 unspecified atom stereocenters. The number of carbonyl (C=O) groups is 1. The number of rotatable bonds is 4. The SMILES string of the molecule is O=C1C(c2ccccc2)=C(c2ccccc2)C2(c3ccccc3)CC12c1ccccc1. The van der Waals surface area contributed by atoms with E-state index in [4.69, 9.17) is 0 Å². The van der Waals surface area contributed by atoms with Gasteiger partial charge in [-0.25, -0.2) is 0 Å². The Kier molecular flexibility index (Phi) is 3.88. The van der Waals surface area contributed by atoms with Crippen molar-refractivity contribution in [3.05, 3.63) is 144 Å². The zero-order valence-electron chi connectivity index (χ0n) is 17.2. The Bertz CT molecular complexity index is 1290. The molecule has 0 radical (unpaired) electrons. The van der Waals surface area contributed by atoms with Crippen LogP contribution in [0.3, 0.4) is 0 Å². The average molecular weight is 399 g/mol. The first-order valence-electron chi connectivity index (χ1n) is 10.8. The van der Waals surface area contributed by atoms with Crippen molar-refractivity contribution in [3.63, 3.8) is 0 Å². The summed E-state index contributed by atoms with van der Waals surface area (Å²) in [6.45, 7) is 0. The summed E-state index contributed by atoms with van der Waals surface area (Å²) in [5, 5.41) is 0. The van der Waals surface area contributed by atoms with Crippen LogP contribution in [0, 0.1) is 0 Å². The van der Waals surface area contributed by atoms with Crippen molar-refractivity contribution in [2.75, 3.05) is 0 Å². The van der Waals surface area contributed by atoms with Gasteiger partial charge in [0.2, 0.25) is 0 Å². The van der Waals surface area contributed by atoms with E-state index in [2.05, 4.69) is 72.8 Å². The Hall–Kier alpha value is -3.71. The summed E-state index contributed by atoms with van der Waals surface area (Å²) >= 11 is 0. The van der Waals surface area contributed by atoms with Gasteiger partial charge in [0, 0.05) is 11.0 Å². The minimum Gasteiger partial charge on any atom is -0.293 e. The van der Waals surface area contributed by atoms with Crippen LogP contribution in [-0.4, -0.2) is 5.78 Å². The Morgan fingerprint density at radius 2 is 0.903 bits per heavy atom. The molecule has 31 heavy (non-hydrogen) atoms. The van der Waals surface area contributed by atoms with Gasteiger partial charge >= 0.3 is 0 Å². The average Bonchev–Trinajstić information content (AvgIpc) is 3.51. The molecule has 1 fully saturated rings. The smallest absolute Gasteiger partial charge is 0.175 e. The summed E-state index contributed by atoms with van der Waals surface area (Å²) in [4.78, 5) is 14.4. The van der Waals surface area contributed by atoms with E-state index in [1.165, 1.54) is 11.1 Å². The molecular formula is C30H22O. The van der Waals surface area contributed by atoms with Crippen LogP contribution in [-0.2, 0) is 15.6 Å². The van der Waals surface area contributed by atoms with Crippen molar-refractivity contribution in [1.29, 1.82) is 0 Å². The van der Waals surface area contributed by atoms with Crippen LogP contribution in [0.2, 0.25) is 0 Å². The summed E-state index contributed by atoms with van der Waals surface area (Å²) in [6.07, 6.45) is 0.813. The molecule has 0 aromatic heterocycles. The molecule has 4 aromatic rings. The van der Waals surface area contributed by atoms with Crippen LogP contribution < -0.4 is 0 Å². The molecule has 148 valence electrons. The maximum Gasteiger partial charge on any atom is 0.175 e. The van der Waals surface area contributed by atoms with Crippen molar-refractivity contribution in [2.45, 2.75) is 17.3 Å². The predicted molar refractivity (Wildman–Crippen MR) is 126 cm³/mol. The maximum absolute atomic E-state index is 14.4. The number of allylic oxidation sites excluding steroid dienone is 2. The molecule has 0 spiro atoms. The molecule has 2 aliphatic rings. The Labute approximate surface area is 182 Å². The highest BCUT2D eigenvalue weighted by molar-refractivity contribution is 6.40. The third-order valence-corrected chi connectivity index (χ3v) is 7.08. The largest absolute Gasteiger partial charge is 0.293 e. The van der Waals surface area contributed by atoms with Gasteiger partial charge in [-0.1, -0.05) is 121 Å². The highest BCUT2D eigenvalue weighted by Gasteiger charge is 2.79. The monoisotopic (exact) mass is 398 g/mol. The quantitative estimate of drug-likeness (QED) is 0.385. The summed E-state index contributed by atoms with van der Waals surface area (Å²) in [5.74, 6) is 0.243. The molecule has 2 aliphatic carbocycles. The molecule has 4 aromatic carbocycles. The van der Waals surface area contributed by atoms with E-state index in [9.17, 15) is 4.79 Å². The van der Waals surface area contributed by atoms with Gasteiger partial charge in [-0.15, -0.1) is 0 Å². The number of hydrogen-bond donors (Lipinski definition) is 0. The molecular weight excluding hydrogens is 376 g/mol. The van der Waals surface area contributed by atoms with Gasteiger partial charge < -0.3 is 0 Å². The highest BCUT2D eigenvalue weighted by atomic mass is 16.1. The summed E-state index contributed by atoms with van der Waals surface area (Å²) < 4.78 is 0. The Balaban J connectivity index is 1.71. The Morgan fingerprint density at radius 3 is 1.42 bits per heavy atom. The molecule has 6 rings (SSSR count). The second-order valence-corrected chi connectivity index (χ2v) is 8.53. The molecule has 0 heterocycles. The van der Waals surface area contributed by atoms with Gasteiger partial charge in [0.05, 0.1) is 5.41 Å². The minimum absolute atomic E-state index is 0.243. The maximum atomic E-state index is 14.4. The second-order valence-electron chi connectivity index (χ2n) is 8.53. The van der Waals surface area contributed by atoms with Gasteiger partial charge in [0.15, 0.2) is 5.78 Å². The number of hydrogen-bond acceptors (Lipinski definition) is 1. The molecule has 0 bridgehead atoms. The zero-order chi connectivity index (χ0) is 20.9. The molecule has 2 atom stereocenters. The molecule has 1 nitrogen and oxygen atoms in total. The standard InChI is InChI=1S/C30H22O/c31-28-26(22-13-5-1-6-14-22)27(23-15-7-2-8-16-23)29(24-17-9-3-10-18-24)21-30(28,29)25-19-11-4-12-20-25/h1-20H,21H2. The van der Waals surface area contributed by atoms with Gasteiger partial charge in [-0.05, 0) is 34.2 Å². The molecule has 0 amide bonds. The fourth-order valence-electron chi connectivity index (χ4n) is 5.76. The lowest BCUT2D eigenvalue weighted by molar-refractivity contribution is -0.115. The summed E-state index contributed by atoms with van der Waals surface area (Å²) in [7, 11) is 0. The first kappa shape index (κ1) is 18.1. The molecule has 0 aliphatic heterocycles. The number of Topliss-reactive ketones (excluding diaryl/α,β-unsaturated/α-hetero) is 1. The van der Waals surface area contributed by atoms with E-state index in [1.807, 2.05) is 48.5 Å². The predicted octanol–water partition coefficient (Wildman–Crippen LogP) is 6.46. The van der Waals surface area contributed by atoms with Crippen molar-refractivity contribution in [1.82, 2.24) is 0 Å². The minimum atomic E-state index is -0.550. The fourth-order valence-corrected chi connectivity index (χ4v) is 5.76. The van der Waals surface area contributed by atoms with Crippen LogP contribution in [0.25, 0.3) is 11.1 Å². The molecule has 0 saturated heterocycles. The first-order valence-corrected chi connectivity index (χ1v) is 10.8. The molecule has 1 saturated carbocycles. The van der Waals surface area contributed by atoms with E-state index in [0.29, 0.717) is 0 Å². The van der Waals surface area contributed by atoms with Crippen LogP contribution in [0.4, 0.5) is 0 Å². The van der Waals surface area contributed by atoms with Crippen molar-refractivity contribution >= 4 is 16.9 Å². The third-order valence-electron chi connectivity index (χ3n) is 7.08. The lowest BCUT2D eigenvalue weighted by Gasteiger charge is -2.23. The zero-order valence-corrected chi connectivity index (χ0v) is 17.2. The van der Waals surface area contributed by atoms with E-state index in [1.54, 1.807) is 0 Å². The van der Waals surface area contributed by atoms with Crippen LogP contribution in [0.1, 0.15) is 28.7 Å². The highest BCUT2D eigenvalue weighted by Crippen LogP contribution is 2.77. The van der Waals surface area contributed by atoms with E-state index < -0.39 is 5.41 Å². The van der Waals surface area contributed by atoms with Crippen LogP contribution >= 0.6 is 0 Å². The molecule has 1 heteroatoms. The van der Waals surface area contributed by atoms with E-state index in [-0.39, 0.29) is 11.2 Å². The van der Waals surface area contributed by atoms with Gasteiger partial charge in [0.25, 0.3) is 0 Å². The number of ketones is 1. The second kappa shape index (κ2) is 6.65. The van der Waals surface area contributed by atoms with Crippen LogP contribution in [0.15, 0.2) is 121 Å².